The number of Topliss-reactive ketones (excluding diaryl/α,β-unsaturated/α-hetero) is 1. The largest absolute Gasteiger partial charge is 0.338 e. The van der Waals surface area contributed by atoms with Crippen LogP contribution < -0.4 is 0 Å². The van der Waals surface area contributed by atoms with Crippen LogP contribution in [0, 0.1) is 5.82 Å². The summed E-state index contributed by atoms with van der Waals surface area (Å²) in [4.78, 5) is 24.5. The first-order chi connectivity index (χ1) is 8.08. The van der Waals surface area contributed by atoms with Crippen LogP contribution in [0.5, 0.6) is 0 Å². The minimum atomic E-state index is -0.587. The summed E-state index contributed by atoms with van der Waals surface area (Å²) >= 11 is 5.73. The standard InChI is InChI=1S/C12H11ClFNO2/c13-8-1-2-11(14)10(7-8)12(17)15-5-3-9(16)4-6-15/h1-2,7H,3-6H2. The molecule has 0 aliphatic carbocycles. The van der Waals surface area contributed by atoms with E-state index in [-0.39, 0.29) is 11.3 Å². The van der Waals surface area contributed by atoms with Gasteiger partial charge in [0.05, 0.1) is 5.56 Å². The molecule has 17 heavy (non-hydrogen) atoms. The van der Waals surface area contributed by atoms with E-state index in [1.807, 2.05) is 0 Å². The minimum Gasteiger partial charge on any atom is -0.338 e. The van der Waals surface area contributed by atoms with Gasteiger partial charge in [-0.15, -0.1) is 0 Å². The summed E-state index contributed by atoms with van der Waals surface area (Å²) in [5.74, 6) is -0.852. The van der Waals surface area contributed by atoms with E-state index < -0.39 is 11.7 Å². The topological polar surface area (TPSA) is 37.4 Å². The molecule has 0 aromatic heterocycles. The quantitative estimate of drug-likeness (QED) is 0.772. The highest BCUT2D eigenvalue weighted by molar-refractivity contribution is 6.31. The summed E-state index contributed by atoms with van der Waals surface area (Å²) in [7, 11) is 0. The minimum absolute atomic E-state index is 0.0353. The van der Waals surface area contributed by atoms with Crippen molar-refractivity contribution in [3.8, 4) is 0 Å². The molecule has 0 atom stereocenters. The summed E-state index contributed by atoms with van der Waals surface area (Å²) < 4.78 is 13.5. The lowest BCUT2D eigenvalue weighted by Crippen LogP contribution is -2.38. The molecule has 5 heteroatoms. The number of piperidine rings is 1. The monoisotopic (exact) mass is 255 g/mol. The van der Waals surface area contributed by atoms with Gasteiger partial charge >= 0.3 is 0 Å². The Balaban J connectivity index is 2.19. The second kappa shape index (κ2) is 4.84. The third-order valence-electron chi connectivity index (χ3n) is 2.77. The van der Waals surface area contributed by atoms with Crippen LogP contribution in [0.1, 0.15) is 23.2 Å². The fourth-order valence-electron chi connectivity index (χ4n) is 1.79. The van der Waals surface area contributed by atoms with E-state index in [1.165, 1.54) is 23.1 Å². The van der Waals surface area contributed by atoms with Gasteiger partial charge in [-0.25, -0.2) is 4.39 Å². The Labute approximate surface area is 103 Å². The van der Waals surface area contributed by atoms with Crippen LogP contribution in [-0.4, -0.2) is 29.7 Å². The molecule has 1 heterocycles. The third kappa shape index (κ3) is 2.64. The number of carbonyl (C=O) groups excluding carboxylic acids is 2. The summed E-state index contributed by atoms with van der Waals surface area (Å²) in [6, 6.07) is 3.88. The van der Waals surface area contributed by atoms with Crippen LogP contribution in [-0.2, 0) is 4.79 Å². The number of likely N-dealkylation sites (tertiary alicyclic amines) is 1. The van der Waals surface area contributed by atoms with Gasteiger partial charge in [-0.2, -0.15) is 0 Å². The molecule has 1 aromatic rings. The first-order valence-electron chi connectivity index (χ1n) is 5.34. The maximum Gasteiger partial charge on any atom is 0.256 e. The molecule has 0 radical (unpaired) electrons. The number of rotatable bonds is 1. The Hall–Kier alpha value is -1.42. The average molecular weight is 256 g/mol. The van der Waals surface area contributed by atoms with Crippen molar-refractivity contribution in [1.82, 2.24) is 4.90 Å². The zero-order valence-corrected chi connectivity index (χ0v) is 9.84. The molecule has 3 nitrogen and oxygen atoms in total. The molecule has 1 amide bonds. The van der Waals surface area contributed by atoms with Gasteiger partial charge in [0.2, 0.25) is 0 Å². The lowest BCUT2D eigenvalue weighted by atomic mass is 10.1. The molecule has 1 saturated heterocycles. The Morgan fingerprint density at radius 3 is 2.59 bits per heavy atom. The van der Waals surface area contributed by atoms with E-state index in [0.29, 0.717) is 31.0 Å². The molecule has 0 unspecified atom stereocenters. The van der Waals surface area contributed by atoms with Gasteiger partial charge in [-0.1, -0.05) is 11.6 Å². The maximum atomic E-state index is 13.5. The van der Waals surface area contributed by atoms with Crippen LogP contribution in [0.15, 0.2) is 18.2 Å². The van der Waals surface area contributed by atoms with Crippen LogP contribution in [0.3, 0.4) is 0 Å². The average Bonchev–Trinajstić information content (AvgIpc) is 2.32. The Kier molecular flexibility index (Phi) is 3.43. The Bertz CT molecular complexity index is 466. The van der Waals surface area contributed by atoms with Gasteiger partial charge in [0.25, 0.3) is 5.91 Å². The van der Waals surface area contributed by atoms with Crippen molar-refractivity contribution in [2.45, 2.75) is 12.8 Å². The van der Waals surface area contributed by atoms with E-state index in [9.17, 15) is 14.0 Å². The molecular formula is C12H11ClFNO2. The van der Waals surface area contributed by atoms with Gasteiger partial charge in [-0.05, 0) is 18.2 Å². The number of ketones is 1. The van der Waals surface area contributed by atoms with E-state index in [0.717, 1.165) is 0 Å². The molecule has 0 spiro atoms. The summed E-state index contributed by atoms with van der Waals surface area (Å²) in [5.41, 5.74) is -0.0353. The predicted molar refractivity (Wildman–Crippen MR) is 61.6 cm³/mol. The second-order valence-corrected chi connectivity index (χ2v) is 4.39. The Morgan fingerprint density at radius 1 is 1.29 bits per heavy atom. The van der Waals surface area contributed by atoms with Crippen molar-refractivity contribution >= 4 is 23.3 Å². The van der Waals surface area contributed by atoms with Crippen molar-refractivity contribution in [3.63, 3.8) is 0 Å². The molecule has 1 aromatic carbocycles. The zero-order valence-electron chi connectivity index (χ0n) is 9.08. The number of carbonyl (C=O) groups is 2. The first kappa shape index (κ1) is 12.0. The first-order valence-corrected chi connectivity index (χ1v) is 5.72. The van der Waals surface area contributed by atoms with Crippen molar-refractivity contribution in [1.29, 1.82) is 0 Å². The van der Waals surface area contributed by atoms with Gasteiger partial charge < -0.3 is 4.90 Å². The smallest absolute Gasteiger partial charge is 0.256 e. The number of halogens is 2. The van der Waals surface area contributed by atoms with Crippen LogP contribution in [0.2, 0.25) is 5.02 Å². The molecule has 0 saturated carbocycles. The van der Waals surface area contributed by atoms with Crippen LogP contribution in [0.25, 0.3) is 0 Å². The summed E-state index contributed by atoms with van der Waals surface area (Å²) in [6.07, 6.45) is 0.682. The van der Waals surface area contributed by atoms with Crippen molar-refractivity contribution in [2.24, 2.45) is 0 Å². The number of amides is 1. The highest BCUT2D eigenvalue weighted by Crippen LogP contribution is 2.18. The molecule has 2 rings (SSSR count). The van der Waals surface area contributed by atoms with E-state index in [1.54, 1.807) is 0 Å². The summed E-state index contributed by atoms with van der Waals surface area (Å²) in [5, 5.41) is 0.322. The van der Waals surface area contributed by atoms with Crippen LogP contribution >= 0.6 is 11.6 Å². The number of nitrogens with zero attached hydrogens (tertiary/aromatic N) is 1. The molecule has 1 aliphatic rings. The second-order valence-electron chi connectivity index (χ2n) is 3.96. The normalized spacial score (nSPS) is 16.1. The third-order valence-corrected chi connectivity index (χ3v) is 3.00. The van der Waals surface area contributed by atoms with Gasteiger partial charge in [0.1, 0.15) is 11.6 Å². The maximum absolute atomic E-state index is 13.5. The number of hydrogen-bond donors (Lipinski definition) is 0. The predicted octanol–water partition coefficient (Wildman–Crippen LogP) is 2.28. The van der Waals surface area contributed by atoms with Gasteiger partial charge in [0.15, 0.2) is 0 Å². The summed E-state index contributed by atoms with van der Waals surface area (Å²) in [6.45, 7) is 0.702. The molecular weight excluding hydrogens is 245 g/mol. The highest BCUT2D eigenvalue weighted by Gasteiger charge is 2.23. The molecule has 90 valence electrons. The molecule has 1 aliphatic heterocycles. The fraction of sp³-hybridized carbons (Fsp3) is 0.333. The van der Waals surface area contributed by atoms with Gasteiger partial charge in [-0.3, -0.25) is 9.59 Å². The van der Waals surface area contributed by atoms with Crippen molar-refractivity contribution in [3.05, 3.63) is 34.6 Å². The number of benzene rings is 1. The highest BCUT2D eigenvalue weighted by atomic mass is 35.5. The fourth-order valence-corrected chi connectivity index (χ4v) is 1.96. The number of hydrogen-bond acceptors (Lipinski definition) is 2. The van der Waals surface area contributed by atoms with E-state index in [4.69, 9.17) is 11.6 Å². The molecule has 1 fully saturated rings. The zero-order chi connectivity index (χ0) is 12.4. The lowest BCUT2D eigenvalue weighted by molar-refractivity contribution is -0.120. The van der Waals surface area contributed by atoms with Crippen molar-refractivity contribution in [2.75, 3.05) is 13.1 Å². The SMILES string of the molecule is O=C1CCN(C(=O)c2cc(Cl)ccc2F)CC1. The molecule has 0 N–H and O–H groups in total. The molecule has 0 bridgehead atoms. The van der Waals surface area contributed by atoms with Crippen LogP contribution in [0.4, 0.5) is 4.39 Å². The van der Waals surface area contributed by atoms with Gasteiger partial charge in [0, 0.05) is 31.0 Å². The van der Waals surface area contributed by atoms with Crippen molar-refractivity contribution < 1.29 is 14.0 Å². The van der Waals surface area contributed by atoms with E-state index >= 15 is 0 Å². The Morgan fingerprint density at radius 2 is 1.94 bits per heavy atom. The lowest BCUT2D eigenvalue weighted by Gasteiger charge is -2.26. The van der Waals surface area contributed by atoms with E-state index in [2.05, 4.69) is 0 Å².